The van der Waals surface area contributed by atoms with Crippen LogP contribution < -0.4 is 25.4 Å². The number of amides is 4. The third-order valence-electron chi connectivity index (χ3n) is 10.0. The zero-order chi connectivity index (χ0) is 41.0. The number of piperazine rings is 1. The molecule has 3 aromatic rings. The number of rotatable bonds is 18. The summed E-state index contributed by atoms with van der Waals surface area (Å²) in [6.07, 6.45) is 2.04. The molecule has 2 heterocycles. The Labute approximate surface area is 337 Å². The molecule has 4 atom stereocenters. The molecule has 1 aliphatic rings. The first kappa shape index (κ1) is 44.5. The number of aliphatic hydroxyl groups is 1. The van der Waals surface area contributed by atoms with Crippen molar-refractivity contribution in [2.75, 3.05) is 54.0 Å². The number of benzene rings is 2. The van der Waals surface area contributed by atoms with Crippen LogP contribution in [0.15, 0.2) is 54.7 Å². The number of nitrogens with one attached hydrogen (secondary N) is 3. The summed E-state index contributed by atoms with van der Waals surface area (Å²) in [5.41, 5.74) is 1.54. The van der Waals surface area contributed by atoms with Crippen LogP contribution in [0.2, 0.25) is 0 Å². The molecule has 0 unspecified atom stereocenters. The number of urea groups is 1. The van der Waals surface area contributed by atoms with Crippen molar-refractivity contribution in [3.63, 3.8) is 0 Å². The Morgan fingerprint density at radius 2 is 1.75 bits per heavy atom. The molecule has 0 radical (unpaired) electrons. The molecular formula is C42H63N7O6S. The van der Waals surface area contributed by atoms with E-state index in [9.17, 15) is 19.5 Å². The van der Waals surface area contributed by atoms with E-state index in [1.165, 1.54) is 0 Å². The summed E-state index contributed by atoms with van der Waals surface area (Å²) in [6.45, 7) is 14.8. The Hall–Kier alpha value is -4.24. The molecule has 1 saturated heterocycles. The summed E-state index contributed by atoms with van der Waals surface area (Å²) in [5, 5.41) is 22.3. The number of aryl methyl sites for hydroxylation is 1. The summed E-state index contributed by atoms with van der Waals surface area (Å²) in [5.74, 6) is 0.296. The maximum absolute atomic E-state index is 14.0. The minimum atomic E-state index is -0.998. The number of ether oxygens (including phenoxy) is 2. The van der Waals surface area contributed by atoms with Gasteiger partial charge in [0.25, 0.3) is 0 Å². The summed E-state index contributed by atoms with van der Waals surface area (Å²) in [6, 6.07) is 14.1. The van der Waals surface area contributed by atoms with E-state index >= 15 is 0 Å². The third-order valence-corrected chi connectivity index (χ3v) is 11.1. The summed E-state index contributed by atoms with van der Waals surface area (Å²) in [7, 11) is 4.94. The SMILES string of the molecule is CCc1ncc(CN(C)C(=O)NC[C@@H](C(=O)N[C@H](Cc2ccccc2)[C@@H](O)CN2CCN(Cc3ccc(OC)c(OC)c3)C[C@@H]2C(=O)NC(C)(C)C)C(C)C)s1. The standard InChI is InChI=1S/C42H63N7O6S/c1-10-38-43-22-31(56-38)25-47(7)41(53)44-23-32(28(2)3)39(51)45-33(20-29-14-12-11-13-15-29)35(50)27-49-19-18-48(26-34(49)40(52)46-42(4,5)6)24-30-16-17-36(54-8)37(21-30)55-9/h11-17,21-22,28,32-35,50H,10,18-20,23-27H2,1-9H3,(H,44,53)(H,45,51)(H,46,52)/t32-,33-,34-,35+/m1/s1. The first-order valence-corrected chi connectivity index (χ1v) is 20.4. The van der Waals surface area contributed by atoms with E-state index in [0.29, 0.717) is 50.6 Å². The Kier molecular flexibility index (Phi) is 16.5. The fraction of sp³-hybridized carbons (Fsp3) is 0.571. The molecule has 0 spiro atoms. The molecule has 1 aliphatic heterocycles. The lowest BCUT2D eigenvalue weighted by Gasteiger charge is -2.43. The first-order chi connectivity index (χ1) is 26.6. The van der Waals surface area contributed by atoms with E-state index < -0.39 is 29.6 Å². The lowest BCUT2D eigenvalue weighted by molar-refractivity contribution is -0.132. The van der Waals surface area contributed by atoms with Crippen molar-refractivity contribution in [3.8, 4) is 11.5 Å². The molecule has 308 valence electrons. The van der Waals surface area contributed by atoms with Crippen LogP contribution in [0, 0.1) is 11.8 Å². The zero-order valence-electron chi connectivity index (χ0n) is 34.6. The molecule has 4 rings (SSSR count). The van der Waals surface area contributed by atoms with Gasteiger partial charge in [0.15, 0.2) is 11.5 Å². The van der Waals surface area contributed by atoms with Crippen molar-refractivity contribution in [2.24, 2.45) is 11.8 Å². The topological polar surface area (TPSA) is 149 Å². The van der Waals surface area contributed by atoms with Crippen LogP contribution in [-0.2, 0) is 35.5 Å². The number of aliphatic hydroxyl groups excluding tert-OH is 1. The molecule has 14 heteroatoms. The van der Waals surface area contributed by atoms with Gasteiger partial charge in [0.2, 0.25) is 11.8 Å². The van der Waals surface area contributed by atoms with Gasteiger partial charge in [-0.1, -0.05) is 57.2 Å². The number of carbonyl (C=O) groups is 3. The molecule has 1 fully saturated rings. The second-order valence-electron chi connectivity index (χ2n) is 16.0. The predicted octanol–water partition coefficient (Wildman–Crippen LogP) is 4.33. The molecule has 56 heavy (non-hydrogen) atoms. The fourth-order valence-corrected chi connectivity index (χ4v) is 7.76. The minimum absolute atomic E-state index is 0.0899. The van der Waals surface area contributed by atoms with Gasteiger partial charge in [0, 0.05) is 62.9 Å². The Morgan fingerprint density at radius 3 is 2.38 bits per heavy atom. The van der Waals surface area contributed by atoms with Gasteiger partial charge >= 0.3 is 6.03 Å². The lowest BCUT2D eigenvalue weighted by atomic mass is 9.93. The average Bonchev–Trinajstić information content (AvgIpc) is 3.62. The van der Waals surface area contributed by atoms with E-state index in [2.05, 4.69) is 25.8 Å². The number of aromatic nitrogens is 1. The van der Waals surface area contributed by atoms with Crippen LogP contribution in [0.25, 0.3) is 0 Å². The third kappa shape index (κ3) is 13.2. The van der Waals surface area contributed by atoms with E-state index in [4.69, 9.17) is 9.47 Å². The number of thiazole rings is 1. The van der Waals surface area contributed by atoms with Gasteiger partial charge in [-0.15, -0.1) is 11.3 Å². The van der Waals surface area contributed by atoms with Crippen molar-refractivity contribution in [1.29, 1.82) is 0 Å². The predicted molar refractivity (Wildman–Crippen MR) is 221 cm³/mol. The highest BCUT2D eigenvalue weighted by atomic mass is 32.1. The minimum Gasteiger partial charge on any atom is -0.493 e. The highest BCUT2D eigenvalue weighted by Crippen LogP contribution is 2.28. The van der Waals surface area contributed by atoms with Crippen molar-refractivity contribution < 1.29 is 29.0 Å². The summed E-state index contributed by atoms with van der Waals surface area (Å²) >= 11 is 1.58. The van der Waals surface area contributed by atoms with Crippen LogP contribution in [0.3, 0.4) is 0 Å². The normalized spacial score (nSPS) is 16.8. The molecule has 0 aliphatic carbocycles. The number of hydrogen-bond acceptors (Lipinski definition) is 10. The lowest BCUT2D eigenvalue weighted by Crippen LogP contribution is -2.63. The smallest absolute Gasteiger partial charge is 0.317 e. The number of carbonyl (C=O) groups excluding carboxylic acids is 3. The molecule has 0 saturated carbocycles. The van der Waals surface area contributed by atoms with Crippen LogP contribution in [0.5, 0.6) is 11.5 Å². The average molecular weight is 794 g/mol. The van der Waals surface area contributed by atoms with Crippen molar-refractivity contribution in [1.82, 2.24) is 35.6 Å². The van der Waals surface area contributed by atoms with Gasteiger partial charge < -0.3 is 35.4 Å². The largest absolute Gasteiger partial charge is 0.493 e. The molecule has 2 aromatic carbocycles. The second kappa shape index (κ2) is 20.8. The van der Waals surface area contributed by atoms with Gasteiger partial charge in [-0.2, -0.15) is 0 Å². The van der Waals surface area contributed by atoms with E-state index in [-0.39, 0.29) is 36.9 Å². The molecule has 1 aromatic heterocycles. The molecule has 0 bridgehead atoms. The monoisotopic (exact) mass is 793 g/mol. The first-order valence-electron chi connectivity index (χ1n) is 19.5. The number of methoxy groups -OCH3 is 2. The molecule has 4 amide bonds. The number of β-amino-alcohol motifs (C(OH)–C–C–N with tert-alkyl or cyclic N) is 1. The van der Waals surface area contributed by atoms with Crippen LogP contribution in [0.1, 0.15) is 62.6 Å². The van der Waals surface area contributed by atoms with Crippen molar-refractivity contribution in [2.45, 2.75) is 91.2 Å². The molecule has 4 N–H and O–H groups in total. The zero-order valence-corrected chi connectivity index (χ0v) is 35.4. The maximum Gasteiger partial charge on any atom is 0.317 e. The van der Waals surface area contributed by atoms with Crippen LogP contribution in [0.4, 0.5) is 4.79 Å². The van der Waals surface area contributed by atoms with Crippen molar-refractivity contribution in [3.05, 3.63) is 75.7 Å². The van der Waals surface area contributed by atoms with E-state index in [1.54, 1.807) is 43.7 Å². The van der Waals surface area contributed by atoms with Crippen LogP contribution in [-0.4, -0.2) is 120 Å². The Bertz CT molecular complexity index is 1710. The highest BCUT2D eigenvalue weighted by molar-refractivity contribution is 7.11. The molecule has 13 nitrogen and oxygen atoms in total. The summed E-state index contributed by atoms with van der Waals surface area (Å²) in [4.78, 5) is 52.2. The van der Waals surface area contributed by atoms with E-state index in [1.807, 2.05) is 95.0 Å². The highest BCUT2D eigenvalue weighted by Gasteiger charge is 2.37. The van der Waals surface area contributed by atoms with Gasteiger partial charge in [-0.05, 0) is 62.8 Å². The Morgan fingerprint density at radius 1 is 1.04 bits per heavy atom. The number of nitrogens with zero attached hydrogens (tertiary/aromatic N) is 4. The van der Waals surface area contributed by atoms with Gasteiger partial charge in [-0.3, -0.25) is 19.4 Å². The summed E-state index contributed by atoms with van der Waals surface area (Å²) < 4.78 is 10.9. The van der Waals surface area contributed by atoms with Gasteiger partial charge in [0.05, 0.1) is 43.8 Å². The second-order valence-corrected chi connectivity index (χ2v) is 17.2. The van der Waals surface area contributed by atoms with Crippen LogP contribution >= 0.6 is 11.3 Å². The molecular weight excluding hydrogens is 731 g/mol. The maximum atomic E-state index is 14.0. The number of hydrogen-bond donors (Lipinski definition) is 4. The van der Waals surface area contributed by atoms with E-state index in [0.717, 1.165) is 27.4 Å². The van der Waals surface area contributed by atoms with Gasteiger partial charge in [0.1, 0.15) is 6.04 Å². The van der Waals surface area contributed by atoms with Gasteiger partial charge in [-0.25, -0.2) is 9.78 Å². The quantitative estimate of drug-likeness (QED) is 0.148. The fourth-order valence-electron chi connectivity index (χ4n) is 6.84. The van der Waals surface area contributed by atoms with Crippen molar-refractivity contribution >= 4 is 29.2 Å². The Balaban J connectivity index is 1.48.